The Morgan fingerprint density at radius 1 is 1.24 bits per heavy atom. The van der Waals surface area contributed by atoms with Crippen LogP contribution in [0.1, 0.15) is 15.9 Å². The fraction of sp³-hybridized carbons (Fsp3) is 0. The minimum Gasteiger partial charge on any atom is -0.478 e. The molecule has 5 nitrogen and oxygen atoms in total. The fourth-order valence-corrected chi connectivity index (χ4v) is 2.00. The van der Waals surface area contributed by atoms with Crippen LogP contribution in [0, 0.1) is 0 Å². The van der Waals surface area contributed by atoms with Gasteiger partial charge in [0.1, 0.15) is 4.60 Å². The van der Waals surface area contributed by atoms with Crippen molar-refractivity contribution in [2.45, 2.75) is 0 Å². The first-order valence-corrected chi connectivity index (χ1v) is 6.78. The van der Waals surface area contributed by atoms with Crippen molar-refractivity contribution in [3.8, 4) is 0 Å². The predicted molar refractivity (Wildman–Crippen MR) is 83.0 cm³/mol. The molecule has 0 radical (unpaired) electrons. The number of hydrogen-bond donors (Lipinski definition) is 2. The van der Waals surface area contributed by atoms with Crippen LogP contribution in [0.2, 0.25) is 0 Å². The Bertz CT molecular complexity index is 714. The summed E-state index contributed by atoms with van der Waals surface area (Å²) in [5.41, 5.74) is 1.75. The molecular formula is C15H11BrN2O3. The van der Waals surface area contributed by atoms with Crippen molar-refractivity contribution in [2.75, 3.05) is 5.32 Å². The van der Waals surface area contributed by atoms with E-state index in [2.05, 4.69) is 26.2 Å². The molecule has 0 spiro atoms. The highest BCUT2D eigenvalue weighted by molar-refractivity contribution is 9.10. The molecule has 0 atom stereocenters. The molecule has 106 valence electrons. The second kappa shape index (κ2) is 6.81. The standard InChI is InChI=1S/C15H11BrN2O3/c16-13-9-11(6-7-17-13)15(21)18-12-3-1-2-10(8-12)4-5-14(19)20/h1-9H,(H,18,21)(H,19,20)/b5-4+. The van der Waals surface area contributed by atoms with Crippen LogP contribution in [0.3, 0.4) is 0 Å². The molecule has 0 saturated carbocycles. The van der Waals surface area contributed by atoms with E-state index in [9.17, 15) is 9.59 Å². The summed E-state index contributed by atoms with van der Waals surface area (Å²) >= 11 is 3.21. The second-order valence-corrected chi connectivity index (χ2v) is 4.93. The topological polar surface area (TPSA) is 79.3 Å². The van der Waals surface area contributed by atoms with Gasteiger partial charge in [0.2, 0.25) is 0 Å². The fourth-order valence-electron chi connectivity index (χ4n) is 1.63. The Balaban J connectivity index is 2.14. The smallest absolute Gasteiger partial charge is 0.328 e. The third-order valence-electron chi connectivity index (χ3n) is 2.55. The van der Waals surface area contributed by atoms with Crippen molar-refractivity contribution in [2.24, 2.45) is 0 Å². The summed E-state index contributed by atoms with van der Waals surface area (Å²) in [5, 5.41) is 11.3. The molecule has 6 heteroatoms. The first kappa shape index (κ1) is 14.9. The van der Waals surface area contributed by atoms with Crippen LogP contribution in [0.4, 0.5) is 5.69 Å². The quantitative estimate of drug-likeness (QED) is 0.658. The maximum absolute atomic E-state index is 12.1. The van der Waals surface area contributed by atoms with Crippen molar-refractivity contribution in [1.29, 1.82) is 0 Å². The third kappa shape index (κ3) is 4.54. The Morgan fingerprint density at radius 3 is 2.76 bits per heavy atom. The van der Waals surface area contributed by atoms with Crippen molar-refractivity contribution >= 4 is 39.6 Å². The summed E-state index contributed by atoms with van der Waals surface area (Å²) in [4.78, 5) is 26.5. The number of nitrogens with zero attached hydrogens (tertiary/aromatic N) is 1. The maximum atomic E-state index is 12.1. The van der Waals surface area contributed by atoms with Gasteiger partial charge >= 0.3 is 5.97 Å². The number of aromatic nitrogens is 1. The number of carboxylic acids is 1. The molecular weight excluding hydrogens is 336 g/mol. The van der Waals surface area contributed by atoms with Gasteiger partial charge in [0.25, 0.3) is 5.91 Å². The minimum atomic E-state index is -1.02. The van der Waals surface area contributed by atoms with Crippen LogP contribution in [0.15, 0.2) is 53.3 Å². The van der Waals surface area contributed by atoms with E-state index in [4.69, 9.17) is 5.11 Å². The lowest BCUT2D eigenvalue weighted by Gasteiger charge is -2.06. The molecule has 0 fully saturated rings. The number of rotatable bonds is 4. The van der Waals surface area contributed by atoms with Crippen LogP contribution in [0.25, 0.3) is 6.08 Å². The van der Waals surface area contributed by atoms with Gasteiger partial charge in [0.15, 0.2) is 0 Å². The zero-order chi connectivity index (χ0) is 15.2. The molecule has 0 aliphatic heterocycles. The van der Waals surface area contributed by atoms with Crippen molar-refractivity contribution in [3.63, 3.8) is 0 Å². The van der Waals surface area contributed by atoms with E-state index < -0.39 is 5.97 Å². The average molecular weight is 347 g/mol. The summed E-state index contributed by atoms with van der Waals surface area (Å²) in [6, 6.07) is 10.1. The highest BCUT2D eigenvalue weighted by atomic mass is 79.9. The number of aliphatic carboxylic acids is 1. The van der Waals surface area contributed by atoms with Gasteiger partial charge in [-0.2, -0.15) is 0 Å². The normalized spacial score (nSPS) is 10.5. The zero-order valence-corrected chi connectivity index (χ0v) is 12.4. The first-order chi connectivity index (χ1) is 10.0. The van der Waals surface area contributed by atoms with Crippen LogP contribution in [-0.2, 0) is 4.79 Å². The van der Waals surface area contributed by atoms with Crippen molar-refractivity contribution in [1.82, 2.24) is 4.98 Å². The van der Waals surface area contributed by atoms with Gasteiger partial charge in [-0.15, -0.1) is 0 Å². The number of carbonyl (C=O) groups is 2. The summed E-state index contributed by atoms with van der Waals surface area (Å²) in [6.45, 7) is 0. The minimum absolute atomic E-state index is 0.266. The Kier molecular flexibility index (Phi) is 4.84. The molecule has 2 N–H and O–H groups in total. The molecule has 2 aromatic rings. The number of hydrogen-bond acceptors (Lipinski definition) is 3. The predicted octanol–water partition coefficient (Wildman–Crippen LogP) is 3.19. The van der Waals surface area contributed by atoms with Crippen LogP contribution in [0.5, 0.6) is 0 Å². The summed E-state index contributed by atoms with van der Waals surface area (Å²) in [6.07, 6.45) is 4.03. The van der Waals surface area contributed by atoms with Gasteiger partial charge in [-0.3, -0.25) is 4.79 Å². The van der Waals surface area contributed by atoms with E-state index >= 15 is 0 Å². The number of carbonyl (C=O) groups excluding carboxylic acids is 1. The number of carboxylic acid groups (broad SMARTS) is 1. The van der Waals surface area contributed by atoms with E-state index in [0.717, 1.165) is 6.08 Å². The number of nitrogens with one attached hydrogen (secondary N) is 1. The average Bonchev–Trinajstić information content (AvgIpc) is 2.45. The number of benzene rings is 1. The van der Waals surface area contributed by atoms with Gasteiger partial charge in [0.05, 0.1) is 0 Å². The van der Waals surface area contributed by atoms with Gasteiger partial charge in [-0.1, -0.05) is 12.1 Å². The molecule has 0 aliphatic rings. The second-order valence-electron chi connectivity index (χ2n) is 4.12. The van der Waals surface area contributed by atoms with Gasteiger partial charge < -0.3 is 10.4 Å². The molecule has 0 aliphatic carbocycles. The first-order valence-electron chi connectivity index (χ1n) is 5.98. The monoisotopic (exact) mass is 346 g/mol. The van der Waals surface area contributed by atoms with Crippen molar-refractivity contribution in [3.05, 3.63) is 64.4 Å². The summed E-state index contributed by atoms with van der Waals surface area (Å²) < 4.78 is 0.577. The number of halogens is 1. The molecule has 1 aromatic carbocycles. The largest absolute Gasteiger partial charge is 0.478 e. The highest BCUT2D eigenvalue weighted by Gasteiger charge is 2.06. The zero-order valence-electron chi connectivity index (χ0n) is 10.8. The molecule has 0 unspecified atom stereocenters. The van der Waals surface area contributed by atoms with E-state index in [1.54, 1.807) is 36.4 Å². The third-order valence-corrected chi connectivity index (χ3v) is 2.99. The number of amides is 1. The van der Waals surface area contributed by atoms with Crippen LogP contribution >= 0.6 is 15.9 Å². The molecule has 21 heavy (non-hydrogen) atoms. The van der Waals surface area contributed by atoms with Gasteiger partial charge in [-0.05, 0) is 51.8 Å². The van der Waals surface area contributed by atoms with Gasteiger partial charge in [0, 0.05) is 23.5 Å². The van der Waals surface area contributed by atoms with Crippen molar-refractivity contribution < 1.29 is 14.7 Å². The van der Waals surface area contributed by atoms with E-state index in [-0.39, 0.29) is 5.91 Å². The van der Waals surface area contributed by atoms with Crippen LogP contribution < -0.4 is 5.32 Å². The highest BCUT2D eigenvalue weighted by Crippen LogP contribution is 2.14. The Labute approximate surface area is 129 Å². The molecule has 0 bridgehead atoms. The molecule has 1 amide bonds. The number of anilines is 1. The van der Waals surface area contributed by atoms with E-state index in [0.29, 0.717) is 21.4 Å². The Hall–Kier alpha value is -2.47. The van der Waals surface area contributed by atoms with E-state index in [1.165, 1.54) is 12.3 Å². The number of pyridine rings is 1. The molecule has 0 saturated heterocycles. The lowest BCUT2D eigenvalue weighted by molar-refractivity contribution is -0.131. The lowest BCUT2D eigenvalue weighted by atomic mass is 10.1. The van der Waals surface area contributed by atoms with E-state index in [1.807, 2.05) is 0 Å². The molecule has 1 heterocycles. The molecule has 2 rings (SSSR count). The Morgan fingerprint density at radius 2 is 2.05 bits per heavy atom. The van der Waals surface area contributed by atoms with Crippen LogP contribution in [-0.4, -0.2) is 22.0 Å². The maximum Gasteiger partial charge on any atom is 0.328 e. The lowest BCUT2D eigenvalue weighted by Crippen LogP contribution is -2.12. The summed E-state index contributed by atoms with van der Waals surface area (Å²) in [5.74, 6) is -1.29. The summed E-state index contributed by atoms with van der Waals surface area (Å²) in [7, 11) is 0. The SMILES string of the molecule is O=C(O)/C=C/c1cccc(NC(=O)c2ccnc(Br)c2)c1. The van der Waals surface area contributed by atoms with Gasteiger partial charge in [-0.25, -0.2) is 9.78 Å². The molecule has 1 aromatic heterocycles.